The second kappa shape index (κ2) is 7.39. The zero-order valence-electron chi connectivity index (χ0n) is 15.3. The third-order valence-electron chi connectivity index (χ3n) is 4.07. The van der Waals surface area contributed by atoms with E-state index in [9.17, 15) is 4.79 Å². The van der Waals surface area contributed by atoms with Crippen molar-refractivity contribution in [3.05, 3.63) is 65.0 Å². The Labute approximate surface area is 152 Å². The molecule has 2 aromatic heterocycles. The summed E-state index contributed by atoms with van der Waals surface area (Å²) in [5, 5.41) is 9.94. The Balaban J connectivity index is 1.82. The number of hydrogen-bond acceptors (Lipinski definition) is 5. The molecule has 26 heavy (non-hydrogen) atoms. The minimum atomic E-state index is -0.178. The van der Waals surface area contributed by atoms with Gasteiger partial charge < -0.3 is 15.2 Å². The zero-order chi connectivity index (χ0) is 18.7. The van der Waals surface area contributed by atoms with E-state index in [1.54, 1.807) is 24.4 Å². The highest BCUT2D eigenvalue weighted by Crippen LogP contribution is 2.28. The molecule has 0 unspecified atom stereocenters. The van der Waals surface area contributed by atoms with Crippen LogP contribution in [0.5, 0.6) is 0 Å². The molecule has 0 saturated heterocycles. The lowest BCUT2D eigenvalue weighted by molar-refractivity contribution is 0.102. The van der Waals surface area contributed by atoms with Gasteiger partial charge in [-0.15, -0.1) is 0 Å². The maximum Gasteiger partial charge on any atom is 0.255 e. The van der Waals surface area contributed by atoms with Crippen molar-refractivity contribution in [2.75, 3.05) is 10.6 Å². The molecule has 2 heterocycles. The summed E-state index contributed by atoms with van der Waals surface area (Å²) < 4.78 is 5.02. The third-order valence-corrected chi connectivity index (χ3v) is 4.07. The molecular formula is C20H22N4O2. The molecule has 0 aliphatic heterocycles. The largest absolute Gasteiger partial charge is 0.360 e. The molecule has 0 radical (unpaired) electrons. The predicted octanol–water partition coefficient (Wildman–Crippen LogP) is 4.81. The first-order valence-corrected chi connectivity index (χ1v) is 8.51. The lowest BCUT2D eigenvalue weighted by Crippen LogP contribution is -2.15. The van der Waals surface area contributed by atoms with Crippen molar-refractivity contribution < 1.29 is 9.32 Å². The molecule has 6 heteroatoms. The topological polar surface area (TPSA) is 80.0 Å². The number of nitrogens with one attached hydrogen (secondary N) is 2. The summed E-state index contributed by atoms with van der Waals surface area (Å²) in [6, 6.07) is 11.2. The van der Waals surface area contributed by atoms with E-state index in [0.29, 0.717) is 28.9 Å². The highest BCUT2D eigenvalue weighted by Gasteiger charge is 2.14. The van der Waals surface area contributed by atoms with Gasteiger partial charge in [0.25, 0.3) is 5.91 Å². The number of carbonyl (C=O) groups excluding carboxylic acids is 1. The lowest BCUT2D eigenvalue weighted by Gasteiger charge is -2.16. The summed E-state index contributed by atoms with van der Waals surface area (Å²) in [5.74, 6) is 1.91. The van der Waals surface area contributed by atoms with Crippen LogP contribution in [0.1, 0.15) is 47.0 Å². The first-order valence-electron chi connectivity index (χ1n) is 8.51. The Hall–Kier alpha value is -3.15. The van der Waals surface area contributed by atoms with Crippen molar-refractivity contribution in [1.82, 2.24) is 10.1 Å². The van der Waals surface area contributed by atoms with E-state index in [2.05, 4.69) is 34.6 Å². The summed E-state index contributed by atoms with van der Waals surface area (Å²) in [4.78, 5) is 17.0. The van der Waals surface area contributed by atoms with Crippen LogP contribution in [0.3, 0.4) is 0 Å². The summed E-state index contributed by atoms with van der Waals surface area (Å²) >= 11 is 0. The first kappa shape index (κ1) is 17.7. The molecule has 2 N–H and O–H groups in total. The second-order valence-electron chi connectivity index (χ2n) is 6.53. The van der Waals surface area contributed by atoms with Crippen LogP contribution >= 0.6 is 0 Å². The number of aromatic nitrogens is 2. The summed E-state index contributed by atoms with van der Waals surface area (Å²) in [5.41, 5.74) is 3.53. The number of carbonyl (C=O) groups is 1. The van der Waals surface area contributed by atoms with Crippen molar-refractivity contribution >= 4 is 23.2 Å². The molecular weight excluding hydrogens is 328 g/mol. The molecule has 0 atom stereocenters. The maximum absolute atomic E-state index is 12.7. The van der Waals surface area contributed by atoms with Crippen LogP contribution in [0.25, 0.3) is 0 Å². The monoisotopic (exact) mass is 350 g/mol. The average Bonchev–Trinajstić information content (AvgIpc) is 3.01. The van der Waals surface area contributed by atoms with Crippen molar-refractivity contribution in [3.63, 3.8) is 0 Å². The fourth-order valence-electron chi connectivity index (χ4n) is 2.72. The fraction of sp³-hybridized carbons (Fsp3) is 0.250. The molecule has 0 fully saturated rings. The van der Waals surface area contributed by atoms with Gasteiger partial charge in [-0.05, 0) is 43.0 Å². The van der Waals surface area contributed by atoms with Crippen LogP contribution in [0, 0.1) is 13.8 Å². The lowest BCUT2D eigenvalue weighted by atomic mass is 9.98. The first-order chi connectivity index (χ1) is 12.4. The predicted molar refractivity (Wildman–Crippen MR) is 102 cm³/mol. The van der Waals surface area contributed by atoms with Gasteiger partial charge in [0.2, 0.25) is 0 Å². The standard InChI is InChI=1S/C20H22N4O2/c1-12(2)16-7-5-6-13(3)19(16)23-20(25)15-8-9-21-17(11-15)22-18-10-14(4)26-24-18/h5-12H,1-4H3,(H,23,25)(H,21,22,24). The molecule has 0 aliphatic carbocycles. The maximum atomic E-state index is 12.7. The number of rotatable bonds is 5. The van der Waals surface area contributed by atoms with Gasteiger partial charge in [-0.2, -0.15) is 0 Å². The highest BCUT2D eigenvalue weighted by atomic mass is 16.5. The molecule has 134 valence electrons. The Morgan fingerprint density at radius 3 is 2.62 bits per heavy atom. The summed E-state index contributed by atoms with van der Waals surface area (Å²) in [6.07, 6.45) is 1.59. The van der Waals surface area contributed by atoms with Crippen LogP contribution in [0.4, 0.5) is 17.3 Å². The molecule has 3 aromatic rings. The molecule has 0 bridgehead atoms. The number of anilines is 3. The highest BCUT2D eigenvalue weighted by molar-refractivity contribution is 6.05. The second-order valence-corrected chi connectivity index (χ2v) is 6.53. The van der Waals surface area contributed by atoms with Crippen molar-refractivity contribution in [3.8, 4) is 0 Å². The Kier molecular flexibility index (Phi) is 5.02. The van der Waals surface area contributed by atoms with Gasteiger partial charge in [0.05, 0.1) is 0 Å². The summed E-state index contributed by atoms with van der Waals surface area (Å²) in [6.45, 7) is 8.02. The molecule has 1 amide bonds. The van der Waals surface area contributed by atoms with Crippen LogP contribution in [-0.2, 0) is 0 Å². The van der Waals surface area contributed by atoms with E-state index >= 15 is 0 Å². The average molecular weight is 350 g/mol. The smallest absolute Gasteiger partial charge is 0.255 e. The van der Waals surface area contributed by atoms with E-state index in [4.69, 9.17) is 4.52 Å². The minimum absolute atomic E-state index is 0.178. The molecule has 0 saturated carbocycles. The van der Waals surface area contributed by atoms with Crippen LogP contribution in [0.15, 0.2) is 47.1 Å². The van der Waals surface area contributed by atoms with Gasteiger partial charge in [-0.25, -0.2) is 4.98 Å². The quantitative estimate of drug-likeness (QED) is 0.690. The molecule has 1 aromatic carbocycles. The normalized spacial score (nSPS) is 10.8. The Morgan fingerprint density at radius 2 is 1.92 bits per heavy atom. The van der Waals surface area contributed by atoms with Crippen molar-refractivity contribution in [2.45, 2.75) is 33.6 Å². The number of benzene rings is 1. The Morgan fingerprint density at radius 1 is 1.12 bits per heavy atom. The molecule has 6 nitrogen and oxygen atoms in total. The number of aryl methyl sites for hydroxylation is 2. The fourth-order valence-corrected chi connectivity index (χ4v) is 2.72. The van der Waals surface area contributed by atoms with Crippen LogP contribution in [0.2, 0.25) is 0 Å². The number of hydrogen-bond donors (Lipinski definition) is 2. The molecule has 0 spiro atoms. The zero-order valence-corrected chi connectivity index (χ0v) is 15.3. The SMILES string of the molecule is Cc1cc(Nc2cc(C(=O)Nc3c(C)cccc3C(C)C)ccn2)no1. The minimum Gasteiger partial charge on any atom is -0.360 e. The van der Waals surface area contributed by atoms with Crippen molar-refractivity contribution in [1.29, 1.82) is 0 Å². The number of para-hydroxylation sites is 1. The van der Waals surface area contributed by atoms with Gasteiger partial charge in [-0.3, -0.25) is 4.79 Å². The number of amides is 1. The van der Waals surface area contributed by atoms with Crippen LogP contribution in [-0.4, -0.2) is 16.0 Å². The van der Waals surface area contributed by atoms with Crippen molar-refractivity contribution in [2.24, 2.45) is 0 Å². The van der Waals surface area contributed by atoms with Gasteiger partial charge in [0, 0.05) is 23.5 Å². The van der Waals surface area contributed by atoms with E-state index in [1.807, 2.05) is 32.0 Å². The molecule has 3 rings (SSSR count). The number of nitrogens with zero attached hydrogens (tertiary/aromatic N) is 2. The number of pyridine rings is 1. The van der Waals surface area contributed by atoms with Gasteiger partial charge in [0.15, 0.2) is 5.82 Å². The molecule has 0 aliphatic rings. The van der Waals surface area contributed by atoms with Crippen LogP contribution < -0.4 is 10.6 Å². The van der Waals surface area contributed by atoms with Gasteiger partial charge in [0.1, 0.15) is 11.6 Å². The van der Waals surface area contributed by atoms with E-state index in [-0.39, 0.29) is 5.91 Å². The Bertz CT molecular complexity index is 931. The third kappa shape index (κ3) is 3.91. The van der Waals surface area contributed by atoms with E-state index in [0.717, 1.165) is 16.8 Å². The summed E-state index contributed by atoms with van der Waals surface area (Å²) in [7, 11) is 0. The van der Waals surface area contributed by atoms with Gasteiger partial charge >= 0.3 is 0 Å². The van der Waals surface area contributed by atoms with E-state index in [1.165, 1.54) is 0 Å². The van der Waals surface area contributed by atoms with Gasteiger partial charge in [-0.1, -0.05) is 37.2 Å². The van der Waals surface area contributed by atoms with E-state index < -0.39 is 0 Å².